The Hall–Kier alpha value is -0.363. The SMILES string of the molecule is CCCCCCCCCCCCC=C(N)CCC[Si](OC)(OC)OC. The van der Waals surface area contributed by atoms with E-state index in [0.717, 1.165) is 31.0 Å². The first-order valence-corrected chi connectivity index (χ1v) is 12.2. The number of hydrogen-bond donors (Lipinski definition) is 1. The van der Waals surface area contributed by atoms with E-state index in [1.165, 1.54) is 64.2 Å². The predicted octanol–water partition coefficient (Wildman–Crippen LogP) is 5.80. The molecule has 0 aliphatic rings. The van der Waals surface area contributed by atoms with Crippen molar-refractivity contribution in [3.8, 4) is 0 Å². The minimum absolute atomic E-state index is 0.809. The molecule has 0 saturated carbocycles. The van der Waals surface area contributed by atoms with Crippen LogP contribution in [0.3, 0.4) is 0 Å². The molecule has 0 amide bonds. The average Bonchev–Trinajstić information content (AvgIpc) is 2.63. The van der Waals surface area contributed by atoms with E-state index in [2.05, 4.69) is 13.0 Å². The van der Waals surface area contributed by atoms with Crippen LogP contribution in [0.25, 0.3) is 0 Å². The molecule has 2 N–H and O–H groups in total. The Labute approximate surface area is 157 Å². The summed E-state index contributed by atoms with van der Waals surface area (Å²) in [6.45, 7) is 2.27. The Bertz CT molecular complexity index is 312. The fourth-order valence-electron chi connectivity index (χ4n) is 3.09. The molecule has 0 unspecified atom stereocenters. The molecular weight excluding hydrogens is 330 g/mol. The lowest BCUT2D eigenvalue weighted by molar-refractivity contribution is 0.123. The van der Waals surface area contributed by atoms with Crippen LogP contribution in [0.4, 0.5) is 0 Å². The molecule has 0 heterocycles. The van der Waals surface area contributed by atoms with Gasteiger partial charge in [0.05, 0.1) is 0 Å². The van der Waals surface area contributed by atoms with Crippen LogP contribution in [0.2, 0.25) is 6.04 Å². The van der Waals surface area contributed by atoms with Crippen LogP contribution in [0, 0.1) is 0 Å². The number of allylic oxidation sites excluding steroid dienone is 2. The first kappa shape index (κ1) is 24.6. The van der Waals surface area contributed by atoms with Crippen molar-refractivity contribution in [2.75, 3.05) is 21.3 Å². The molecule has 0 bridgehead atoms. The van der Waals surface area contributed by atoms with Crippen LogP contribution >= 0.6 is 0 Å². The van der Waals surface area contributed by atoms with Gasteiger partial charge in [0.2, 0.25) is 0 Å². The van der Waals surface area contributed by atoms with Crippen LogP contribution in [-0.2, 0) is 13.3 Å². The monoisotopic (exact) mass is 373 g/mol. The van der Waals surface area contributed by atoms with Crippen molar-refractivity contribution in [3.63, 3.8) is 0 Å². The first-order chi connectivity index (χ1) is 12.1. The molecule has 0 spiro atoms. The number of rotatable bonds is 18. The lowest BCUT2D eigenvalue weighted by atomic mass is 10.1. The summed E-state index contributed by atoms with van der Waals surface area (Å²) in [6.07, 6.45) is 18.9. The number of hydrogen-bond acceptors (Lipinski definition) is 4. The van der Waals surface area contributed by atoms with E-state index < -0.39 is 8.80 Å². The van der Waals surface area contributed by atoms with E-state index in [-0.39, 0.29) is 0 Å². The van der Waals surface area contributed by atoms with Gasteiger partial charge in [0.15, 0.2) is 0 Å². The lowest BCUT2D eigenvalue weighted by Gasteiger charge is -2.24. The van der Waals surface area contributed by atoms with E-state index in [4.69, 9.17) is 19.0 Å². The number of nitrogens with two attached hydrogens (primary N) is 1. The van der Waals surface area contributed by atoms with Gasteiger partial charge in [-0.1, -0.05) is 70.8 Å². The van der Waals surface area contributed by atoms with E-state index in [9.17, 15) is 0 Å². The molecule has 0 fully saturated rings. The fourth-order valence-corrected chi connectivity index (χ4v) is 4.81. The van der Waals surface area contributed by atoms with Gasteiger partial charge in [0, 0.05) is 33.1 Å². The van der Waals surface area contributed by atoms with Crippen LogP contribution in [0.15, 0.2) is 11.8 Å². The Morgan fingerprint density at radius 2 is 1.24 bits per heavy atom. The Morgan fingerprint density at radius 1 is 0.760 bits per heavy atom. The van der Waals surface area contributed by atoms with Gasteiger partial charge < -0.3 is 19.0 Å². The molecule has 0 aliphatic carbocycles. The predicted molar refractivity (Wildman–Crippen MR) is 110 cm³/mol. The maximum atomic E-state index is 6.10. The van der Waals surface area contributed by atoms with Gasteiger partial charge in [-0.05, 0) is 25.7 Å². The van der Waals surface area contributed by atoms with Gasteiger partial charge in [-0.2, -0.15) is 0 Å². The molecule has 4 nitrogen and oxygen atoms in total. The normalized spacial score (nSPS) is 12.7. The minimum atomic E-state index is -2.43. The molecule has 0 atom stereocenters. The van der Waals surface area contributed by atoms with E-state index >= 15 is 0 Å². The molecule has 0 aliphatic heterocycles. The Balaban J connectivity index is 3.56. The first-order valence-electron chi connectivity index (χ1n) is 10.2. The van der Waals surface area contributed by atoms with Crippen molar-refractivity contribution in [1.29, 1.82) is 0 Å². The topological polar surface area (TPSA) is 53.7 Å². The summed E-state index contributed by atoms with van der Waals surface area (Å²) in [5, 5.41) is 0. The highest BCUT2D eigenvalue weighted by molar-refractivity contribution is 6.60. The highest BCUT2D eigenvalue weighted by Gasteiger charge is 2.36. The quantitative estimate of drug-likeness (QED) is 0.244. The molecule has 0 rings (SSSR count). The molecular formula is C20H43NO3Si. The van der Waals surface area contributed by atoms with Crippen LogP contribution in [0.5, 0.6) is 0 Å². The zero-order valence-corrected chi connectivity index (χ0v) is 18.3. The largest absolute Gasteiger partial charge is 0.500 e. The molecule has 0 aromatic heterocycles. The maximum absolute atomic E-state index is 6.10. The third kappa shape index (κ3) is 13.5. The van der Waals surface area contributed by atoms with E-state index in [0.29, 0.717) is 0 Å². The molecule has 0 aromatic rings. The maximum Gasteiger partial charge on any atom is 0.500 e. The van der Waals surface area contributed by atoms with Crippen molar-refractivity contribution in [3.05, 3.63) is 11.8 Å². The zero-order chi connectivity index (χ0) is 18.8. The summed E-state index contributed by atoms with van der Waals surface area (Å²) in [6, 6.07) is 0.809. The fraction of sp³-hybridized carbons (Fsp3) is 0.900. The highest BCUT2D eigenvalue weighted by atomic mass is 28.4. The summed E-state index contributed by atoms with van der Waals surface area (Å²) >= 11 is 0. The second-order valence-corrected chi connectivity index (χ2v) is 9.99. The summed E-state index contributed by atoms with van der Waals surface area (Å²) < 4.78 is 16.3. The summed E-state index contributed by atoms with van der Waals surface area (Å²) in [5.74, 6) is 0. The van der Waals surface area contributed by atoms with Gasteiger partial charge in [0.1, 0.15) is 0 Å². The van der Waals surface area contributed by atoms with Gasteiger partial charge in [0.25, 0.3) is 0 Å². The molecule has 25 heavy (non-hydrogen) atoms. The third-order valence-electron chi connectivity index (χ3n) is 4.85. The zero-order valence-electron chi connectivity index (χ0n) is 17.3. The second kappa shape index (κ2) is 17.1. The van der Waals surface area contributed by atoms with Crippen molar-refractivity contribution in [2.45, 2.75) is 96.4 Å². The van der Waals surface area contributed by atoms with Gasteiger partial charge in [-0.3, -0.25) is 0 Å². The molecule has 0 aromatic carbocycles. The highest BCUT2D eigenvalue weighted by Crippen LogP contribution is 2.18. The van der Waals surface area contributed by atoms with Gasteiger partial charge in [-0.15, -0.1) is 0 Å². The average molecular weight is 374 g/mol. The molecule has 5 heteroatoms. The second-order valence-electron chi connectivity index (χ2n) is 6.90. The van der Waals surface area contributed by atoms with Crippen LogP contribution in [0.1, 0.15) is 90.4 Å². The summed E-state index contributed by atoms with van der Waals surface area (Å²) in [5.41, 5.74) is 7.09. The molecule has 0 radical (unpaired) electrons. The minimum Gasteiger partial charge on any atom is -0.402 e. The standard InChI is InChI=1S/C20H43NO3Si/c1-5-6-7-8-9-10-11-12-13-14-15-17-20(21)18-16-19-25(22-2,23-3)24-4/h17H,5-16,18-19,21H2,1-4H3. The Kier molecular flexibility index (Phi) is 16.8. The lowest BCUT2D eigenvalue weighted by Crippen LogP contribution is -2.42. The van der Waals surface area contributed by atoms with Crippen molar-refractivity contribution >= 4 is 8.80 Å². The van der Waals surface area contributed by atoms with Crippen molar-refractivity contribution < 1.29 is 13.3 Å². The van der Waals surface area contributed by atoms with E-state index in [1.807, 2.05) is 0 Å². The molecule has 150 valence electrons. The smallest absolute Gasteiger partial charge is 0.402 e. The van der Waals surface area contributed by atoms with Crippen molar-refractivity contribution in [1.82, 2.24) is 0 Å². The third-order valence-corrected chi connectivity index (χ3v) is 7.68. The summed E-state index contributed by atoms with van der Waals surface area (Å²) in [4.78, 5) is 0. The van der Waals surface area contributed by atoms with Crippen molar-refractivity contribution in [2.24, 2.45) is 5.73 Å². The van der Waals surface area contributed by atoms with Gasteiger partial charge in [-0.25, -0.2) is 0 Å². The Morgan fingerprint density at radius 3 is 1.72 bits per heavy atom. The van der Waals surface area contributed by atoms with E-state index in [1.54, 1.807) is 21.3 Å². The van der Waals surface area contributed by atoms with Crippen LogP contribution in [-0.4, -0.2) is 30.1 Å². The molecule has 0 saturated heterocycles. The summed E-state index contributed by atoms with van der Waals surface area (Å²) in [7, 11) is 2.53. The van der Waals surface area contributed by atoms with Crippen LogP contribution < -0.4 is 5.73 Å². The van der Waals surface area contributed by atoms with Gasteiger partial charge >= 0.3 is 8.80 Å². The number of unbranched alkanes of at least 4 members (excludes halogenated alkanes) is 10.